The van der Waals surface area contributed by atoms with E-state index in [1.807, 2.05) is 60.7 Å². The van der Waals surface area contributed by atoms with Crippen molar-refractivity contribution < 1.29 is 19.3 Å². The van der Waals surface area contributed by atoms with Gasteiger partial charge in [0.2, 0.25) is 11.8 Å². The molecule has 4 atom stereocenters. The van der Waals surface area contributed by atoms with Crippen LogP contribution in [0.15, 0.2) is 121 Å². The summed E-state index contributed by atoms with van der Waals surface area (Å²) >= 11 is 12.8. The summed E-state index contributed by atoms with van der Waals surface area (Å²) in [6, 6.07) is 35.4. The standard InChI is InChI=1S/C41H28Cl2N2O5/c1-23-21-31(32(45(49)50)22-24(23)2)44-37(46)35-36(38(44)47)41(28-15-19-30(43)20-16-28)34(26-11-7-4-8-12-26)33(25-9-5-3-6-10-25)40(35,39(41)48)27-13-17-29(42)18-14-27/h3-22,35-36H,1-2H3/t35-,36+,40-,41-/m0/s1. The number of carbonyl (C=O) groups is 3. The van der Waals surface area contributed by atoms with Crippen LogP contribution in [0, 0.1) is 35.8 Å². The van der Waals surface area contributed by atoms with Crippen LogP contribution in [0.5, 0.6) is 0 Å². The Bertz CT molecular complexity index is 2180. The number of rotatable bonds is 6. The first-order valence-electron chi connectivity index (χ1n) is 16.1. The second kappa shape index (κ2) is 11.3. The Hall–Kier alpha value is -5.37. The summed E-state index contributed by atoms with van der Waals surface area (Å²) in [7, 11) is 0. The molecule has 1 saturated heterocycles. The molecule has 3 aliphatic rings. The van der Waals surface area contributed by atoms with E-state index in [4.69, 9.17) is 23.2 Å². The van der Waals surface area contributed by atoms with E-state index in [1.54, 1.807) is 62.4 Å². The minimum absolute atomic E-state index is 0.116. The second-order valence-electron chi connectivity index (χ2n) is 13.1. The molecule has 5 aromatic carbocycles. The van der Waals surface area contributed by atoms with E-state index in [0.29, 0.717) is 54.6 Å². The number of nitro benzene ring substituents is 1. The number of nitro groups is 1. The van der Waals surface area contributed by atoms with Crippen LogP contribution in [-0.2, 0) is 25.2 Å². The van der Waals surface area contributed by atoms with Crippen molar-refractivity contribution in [1.82, 2.24) is 0 Å². The molecule has 0 radical (unpaired) electrons. The predicted molar refractivity (Wildman–Crippen MR) is 193 cm³/mol. The van der Waals surface area contributed by atoms with Gasteiger partial charge in [-0.1, -0.05) is 108 Å². The van der Waals surface area contributed by atoms with Crippen molar-refractivity contribution in [2.75, 3.05) is 4.90 Å². The molecule has 7 nitrogen and oxygen atoms in total. The van der Waals surface area contributed by atoms with Crippen LogP contribution >= 0.6 is 23.2 Å². The van der Waals surface area contributed by atoms with Gasteiger partial charge >= 0.3 is 0 Å². The van der Waals surface area contributed by atoms with E-state index in [-0.39, 0.29) is 17.2 Å². The van der Waals surface area contributed by atoms with Gasteiger partial charge in [-0.15, -0.1) is 0 Å². The lowest BCUT2D eigenvalue weighted by atomic mass is 9.59. The Morgan fingerprint density at radius 1 is 0.620 bits per heavy atom. The van der Waals surface area contributed by atoms with E-state index in [2.05, 4.69) is 0 Å². The molecule has 2 aliphatic carbocycles. The van der Waals surface area contributed by atoms with Crippen molar-refractivity contribution in [1.29, 1.82) is 0 Å². The zero-order chi connectivity index (χ0) is 35.1. The van der Waals surface area contributed by atoms with Crippen molar-refractivity contribution in [2.24, 2.45) is 11.8 Å². The Labute approximate surface area is 297 Å². The number of Topliss-reactive ketones (excluding diaryl/α,β-unsaturated/α-hetero) is 1. The average Bonchev–Trinajstić information content (AvgIpc) is 3.62. The molecule has 1 aliphatic heterocycles. The minimum Gasteiger partial charge on any atom is -0.297 e. The van der Waals surface area contributed by atoms with Gasteiger partial charge in [-0.05, 0) is 88.7 Å². The van der Waals surface area contributed by atoms with Gasteiger partial charge < -0.3 is 0 Å². The number of amides is 2. The smallest absolute Gasteiger partial charge is 0.293 e. The fraction of sp³-hybridized carbons (Fsp3) is 0.146. The number of ketones is 1. The number of allylic oxidation sites excluding steroid dienone is 2. The fourth-order valence-electron chi connectivity index (χ4n) is 8.71. The van der Waals surface area contributed by atoms with Gasteiger partial charge in [0.15, 0.2) is 5.78 Å². The molecule has 1 saturated carbocycles. The number of anilines is 1. The van der Waals surface area contributed by atoms with Crippen LogP contribution in [0.2, 0.25) is 10.0 Å². The van der Waals surface area contributed by atoms with Crippen molar-refractivity contribution >= 4 is 63.3 Å². The summed E-state index contributed by atoms with van der Waals surface area (Å²) in [5.74, 6) is -4.16. The highest BCUT2D eigenvalue weighted by molar-refractivity contribution is 6.39. The van der Waals surface area contributed by atoms with E-state index in [0.717, 1.165) is 4.90 Å². The molecular weight excluding hydrogens is 671 g/mol. The molecule has 2 bridgehead atoms. The molecule has 50 heavy (non-hydrogen) atoms. The number of imide groups is 1. The summed E-state index contributed by atoms with van der Waals surface area (Å²) in [4.78, 5) is 59.4. The van der Waals surface area contributed by atoms with Gasteiger partial charge in [-0.2, -0.15) is 0 Å². The molecule has 1 heterocycles. The first-order chi connectivity index (χ1) is 24.0. The second-order valence-corrected chi connectivity index (χ2v) is 14.0. The molecule has 0 N–H and O–H groups in total. The predicted octanol–water partition coefficient (Wildman–Crippen LogP) is 8.71. The Balaban J connectivity index is 1.55. The van der Waals surface area contributed by atoms with Crippen LogP contribution in [0.4, 0.5) is 11.4 Å². The topological polar surface area (TPSA) is 97.6 Å². The summed E-state index contributed by atoms with van der Waals surface area (Å²) in [6.45, 7) is 3.51. The first kappa shape index (κ1) is 31.9. The number of hydrogen-bond donors (Lipinski definition) is 0. The van der Waals surface area contributed by atoms with E-state index >= 15 is 14.4 Å². The number of aryl methyl sites for hydroxylation is 2. The van der Waals surface area contributed by atoms with Crippen molar-refractivity contribution in [2.45, 2.75) is 24.7 Å². The van der Waals surface area contributed by atoms with E-state index in [1.165, 1.54) is 12.1 Å². The zero-order valence-corrected chi connectivity index (χ0v) is 28.4. The van der Waals surface area contributed by atoms with Crippen molar-refractivity contribution in [3.8, 4) is 0 Å². The third-order valence-electron chi connectivity index (χ3n) is 10.7. The van der Waals surface area contributed by atoms with E-state index in [9.17, 15) is 10.1 Å². The number of benzene rings is 5. The number of fused-ring (bicyclic) bond motifs is 5. The van der Waals surface area contributed by atoms with Crippen LogP contribution < -0.4 is 4.90 Å². The number of halogens is 2. The van der Waals surface area contributed by atoms with Crippen molar-refractivity contribution in [3.05, 3.63) is 175 Å². The molecule has 8 rings (SSSR count). The van der Waals surface area contributed by atoms with Crippen LogP contribution in [0.3, 0.4) is 0 Å². The lowest BCUT2D eigenvalue weighted by Gasteiger charge is -2.39. The lowest BCUT2D eigenvalue weighted by Crippen LogP contribution is -2.45. The molecule has 9 heteroatoms. The van der Waals surface area contributed by atoms with Crippen LogP contribution in [-0.4, -0.2) is 22.5 Å². The quantitative estimate of drug-likeness (QED) is 0.100. The molecule has 246 valence electrons. The lowest BCUT2D eigenvalue weighted by molar-refractivity contribution is -0.384. The number of nitrogens with zero attached hydrogens (tertiary/aromatic N) is 2. The molecule has 2 fully saturated rings. The van der Waals surface area contributed by atoms with E-state index < -0.39 is 39.4 Å². The van der Waals surface area contributed by atoms with Crippen LogP contribution in [0.1, 0.15) is 33.4 Å². The number of hydrogen-bond acceptors (Lipinski definition) is 5. The summed E-state index contributed by atoms with van der Waals surface area (Å²) in [6.07, 6.45) is 0. The maximum absolute atomic E-state index is 16.0. The fourth-order valence-corrected chi connectivity index (χ4v) is 8.96. The van der Waals surface area contributed by atoms with Gasteiger partial charge in [-0.3, -0.25) is 24.5 Å². The van der Waals surface area contributed by atoms with Gasteiger partial charge in [-0.25, -0.2) is 4.90 Å². The first-order valence-corrected chi connectivity index (χ1v) is 16.9. The SMILES string of the molecule is Cc1cc(N2C(=O)[C@@H]3[C@H](C2=O)[C@@]2(c4ccc(Cl)cc4)C(=O)[C@@]3(c3ccc(Cl)cc3)C(c3ccccc3)=C2c2ccccc2)c([N+](=O)[O-])cc1C. The monoisotopic (exact) mass is 698 g/mol. The Morgan fingerprint density at radius 3 is 1.42 bits per heavy atom. The summed E-state index contributed by atoms with van der Waals surface area (Å²) in [5.41, 5.74) is 1.09. The normalized spacial score (nSPS) is 23.9. The average molecular weight is 700 g/mol. The highest BCUT2D eigenvalue weighted by Crippen LogP contribution is 2.74. The molecular formula is C41H28Cl2N2O5. The minimum atomic E-state index is -1.68. The Kier molecular flexibility index (Phi) is 7.23. The molecule has 0 aromatic heterocycles. The molecule has 0 spiro atoms. The van der Waals surface area contributed by atoms with Crippen molar-refractivity contribution in [3.63, 3.8) is 0 Å². The maximum Gasteiger partial charge on any atom is 0.293 e. The Morgan fingerprint density at radius 2 is 1.02 bits per heavy atom. The highest BCUT2D eigenvalue weighted by atomic mass is 35.5. The molecule has 5 aromatic rings. The van der Waals surface area contributed by atoms with Gasteiger partial charge in [0.25, 0.3) is 5.69 Å². The molecule has 2 amide bonds. The van der Waals surface area contributed by atoms with Gasteiger partial charge in [0.05, 0.1) is 27.6 Å². The maximum atomic E-state index is 16.0. The third-order valence-corrected chi connectivity index (χ3v) is 11.3. The largest absolute Gasteiger partial charge is 0.297 e. The van der Waals surface area contributed by atoms with Gasteiger partial charge in [0, 0.05) is 16.1 Å². The van der Waals surface area contributed by atoms with Gasteiger partial charge in [0.1, 0.15) is 5.69 Å². The summed E-state index contributed by atoms with van der Waals surface area (Å²) in [5, 5.41) is 13.3. The third kappa shape index (κ3) is 4.08. The highest BCUT2D eigenvalue weighted by Gasteiger charge is 2.83. The number of carbonyl (C=O) groups excluding carboxylic acids is 3. The molecule has 0 unspecified atom stereocenters. The summed E-state index contributed by atoms with van der Waals surface area (Å²) < 4.78 is 0. The van der Waals surface area contributed by atoms with Crippen LogP contribution in [0.25, 0.3) is 11.1 Å². The zero-order valence-electron chi connectivity index (χ0n) is 26.9.